The average Bonchev–Trinajstić information content (AvgIpc) is 2.73. The first-order valence-corrected chi connectivity index (χ1v) is 11.9. The van der Waals surface area contributed by atoms with Gasteiger partial charge in [0, 0.05) is 27.2 Å². The van der Waals surface area contributed by atoms with E-state index in [9.17, 15) is 13.2 Å². The van der Waals surface area contributed by atoms with Gasteiger partial charge in [-0.2, -0.15) is 4.31 Å². The third-order valence-corrected chi connectivity index (χ3v) is 7.26. The van der Waals surface area contributed by atoms with Crippen LogP contribution in [-0.2, 0) is 14.8 Å². The van der Waals surface area contributed by atoms with E-state index in [2.05, 4.69) is 5.32 Å². The molecule has 0 saturated carbocycles. The summed E-state index contributed by atoms with van der Waals surface area (Å²) in [7, 11) is 0.0909. The topological polar surface area (TPSA) is 78.9 Å². The lowest BCUT2D eigenvalue weighted by Crippen LogP contribution is -2.35. The van der Waals surface area contributed by atoms with Gasteiger partial charge in [-0.25, -0.2) is 8.42 Å². The first-order valence-electron chi connectivity index (χ1n) is 10.5. The van der Waals surface area contributed by atoms with E-state index in [4.69, 9.17) is 4.74 Å². The van der Waals surface area contributed by atoms with Gasteiger partial charge in [-0.15, -0.1) is 0 Å². The van der Waals surface area contributed by atoms with Gasteiger partial charge in [0.25, 0.3) is 5.91 Å². The summed E-state index contributed by atoms with van der Waals surface area (Å²) < 4.78 is 33.3. The number of rotatable bonds is 7. The fourth-order valence-electron chi connectivity index (χ4n) is 3.71. The van der Waals surface area contributed by atoms with Crippen LogP contribution in [0, 0.1) is 13.8 Å². The van der Waals surface area contributed by atoms with Crippen molar-refractivity contribution in [3.63, 3.8) is 0 Å². The highest BCUT2D eigenvalue weighted by Crippen LogP contribution is 2.30. The van der Waals surface area contributed by atoms with Crippen LogP contribution in [0.25, 0.3) is 0 Å². The number of anilines is 2. The highest BCUT2D eigenvalue weighted by Gasteiger charge is 2.27. The number of aryl methyl sites for hydroxylation is 2. The summed E-state index contributed by atoms with van der Waals surface area (Å²) in [6, 6.07) is 10.6. The molecule has 8 heteroatoms. The number of hydrogen-bond donors (Lipinski definition) is 1. The van der Waals surface area contributed by atoms with Crippen molar-refractivity contribution < 1.29 is 17.9 Å². The summed E-state index contributed by atoms with van der Waals surface area (Å²) >= 11 is 0. The molecule has 31 heavy (non-hydrogen) atoms. The first kappa shape index (κ1) is 23.1. The van der Waals surface area contributed by atoms with Gasteiger partial charge in [-0.3, -0.25) is 4.79 Å². The van der Waals surface area contributed by atoms with Crippen LogP contribution in [0.4, 0.5) is 11.4 Å². The van der Waals surface area contributed by atoms with E-state index in [0.29, 0.717) is 24.5 Å². The molecule has 0 bridgehead atoms. The molecule has 1 aliphatic heterocycles. The largest absolute Gasteiger partial charge is 0.483 e. The number of nitrogens with one attached hydrogen (secondary N) is 1. The van der Waals surface area contributed by atoms with Crippen LogP contribution >= 0.6 is 0 Å². The number of hydrogen-bond acceptors (Lipinski definition) is 5. The van der Waals surface area contributed by atoms with Crippen LogP contribution in [0.1, 0.15) is 30.4 Å². The lowest BCUT2D eigenvalue weighted by molar-refractivity contribution is -0.118. The number of amides is 1. The minimum atomic E-state index is -3.60. The van der Waals surface area contributed by atoms with Crippen LogP contribution in [0.3, 0.4) is 0 Å². The minimum absolute atomic E-state index is 0.167. The molecule has 2 aromatic rings. The Morgan fingerprint density at radius 2 is 1.77 bits per heavy atom. The van der Waals surface area contributed by atoms with Crippen molar-refractivity contribution >= 4 is 27.3 Å². The zero-order valence-electron chi connectivity index (χ0n) is 18.6. The average molecular weight is 446 g/mol. The van der Waals surface area contributed by atoms with E-state index in [0.717, 1.165) is 36.1 Å². The first-order chi connectivity index (χ1) is 14.7. The molecule has 0 atom stereocenters. The Morgan fingerprint density at radius 1 is 1.06 bits per heavy atom. The predicted octanol–water partition coefficient (Wildman–Crippen LogP) is 3.56. The van der Waals surface area contributed by atoms with E-state index in [1.165, 1.54) is 10.4 Å². The van der Waals surface area contributed by atoms with Crippen LogP contribution in [-0.4, -0.2) is 52.4 Å². The van der Waals surface area contributed by atoms with Crippen LogP contribution in [0.2, 0.25) is 0 Å². The number of carbonyl (C=O) groups excluding carboxylic acids is 1. The van der Waals surface area contributed by atoms with Gasteiger partial charge >= 0.3 is 0 Å². The molecule has 1 N–H and O–H groups in total. The second kappa shape index (κ2) is 9.70. The molecule has 1 amide bonds. The van der Waals surface area contributed by atoms with Gasteiger partial charge in [0.15, 0.2) is 6.61 Å². The predicted molar refractivity (Wildman–Crippen MR) is 123 cm³/mol. The molecular weight excluding hydrogens is 414 g/mol. The Hall–Kier alpha value is -2.58. The Balaban J connectivity index is 1.78. The maximum absolute atomic E-state index is 13.1. The summed E-state index contributed by atoms with van der Waals surface area (Å²) in [6.07, 6.45) is 2.79. The Morgan fingerprint density at radius 3 is 2.42 bits per heavy atom. The highest BCUT2D eigenvalue weighted by molar-refractivity contribution is 7.89. The van der Waals surface area contributed by atoms with Crippen molar-refractivity contribution in [2.45, 2.75) is 38.0 Å². The fourth-order valence-corrected chi connectivity index (χ4v) is 5.25. The number of nitrogens with zero attached hydrogens (tertiary/aromatic N) is 2. The van der Waals surface area contributed by atoms with E-state index in [1.807, 2.05) is 51.0 Å². The quantitative estimate of drug-likeness (QED) is 0.705. The second-order valence-corrected chi connectivity index (χ2v) is 10.1. The molecule has 1 saturated heterocycles. The summed E-state index contributed by atoms with van der Waals surface area (Å²) in [5.74, 6) is 0.297. The molecule has 7 nitrogen and oxygen atoms in total. The molecule has 0 unspecified atom stereocenters. The molecule has 0 aromatic heterocycles. The maximum atomic E-state index is 13.1. The van der Waals surface area contributed by atoms with Crippen molar-refractivity contribution in [1.82, 2.24) is 4.31 Å². The van der Waals surface area contributed by atoms with Crippen LogP contribution in [0.15, 0.2) is 41.3 Å². The number of ether oxygens (including phenoxy) is 1. The second-order valence-electron chi connectivity index (χ2n) is 8.14. The zero-order chi connectivity index (χ0) is 22.6. The number of benzene rings is 2. The molecule has 3 rings (SSSR count). The van der Waals surface area contributed by atoms with Crippen molar-refractivity contribution in [2.75, 3.05) is 44.0 Å². The molecule has 0 spiro atoms. The Kier molecular flexibility index (Phi) is 7.23. The molecule has 0 radical (unpaired) electrons. The smallest absolute Gasteiger partial charge is 0.262 e. The summed E-state index contributed by atoms with van der Waals surface area (Å²) in [6.45, 7) is 4.82. The molecule has 2 aromatic carbocycles. The van der Waals surface area contributed by atoms with Gasteiger partial charge in [0.05, 0.1) is 16.3 Å². The standard InChI is InChI=1S/C23H31N3O4S/c1-17-8-11-22(18(2)14-17)30-16-23(27)24-20-15-19(9-10-21(20)25(3)4)31(28,29)26-12-6-5-7-13-26/h8-11,14-15H,5-7,12-13,16H2,1-4H3,(H,24,27). The van der Waals surface area contributed by atoms with Gasteiger partial charge in [-0.05, 0) is 56.5 Å². The SMILES string of the molecule is Cc1ccc(OCC(=O)Nc2cc(S(=O)(=O)N3CCCCC3)ccc2N(C)C)c(C)c1. The summed E-state index contributed by atoms with van der Waals surface area (Å²) in [5.41, 5.74) is 3.24. The molecule has 0 aliphatic carbocycles. The molecule has 168 valence electrons. The minimum Gasteiger partial charge on any atom is -0.483 e. The van der Waals surface area contributed by atoms with E-state index in [-0.39, 0.29) is 17.4 Å². The normalized spacial score (nSPS) is 14.8. The zero-order valence-corrected chi connectivity index (χ0v) is 19.5. The fraction of sp³-hybridized carbons (Fsp3) is 0.435. The van der Waals surface area contributed by atoms with Crippen molar-refractivity contribution in [3.05, 3.63) is 47.5 Å². The van der Waals surface area contributed by atoms with E-state index >= 15 is 0 Å². The number of sulfonamides is 1. The van der Waals surface area contributed by atoms with Gasteiger partial charge < -0.3 is 15.0 Å². The van der Waals surface area contributed by atoms with E-state index in [1.54, 1.807) is 12.1 Å². The summed E-state index contributed by atoms with van der Waals surface area (Å²) in [4.78, 5) is 14.6. The van der Waals surface area contributed by atoms with Crippen LogP contribution < -0.4 is 15.0 Å². The van der Waals surface area contributed by atoms with Crippen molar-refractivity contribution in [1.29, 1.82) is 0 Å². The van der Waals surface area contributed by atoms with Crippen molar-refractivity contribution in [2.24, 2.45) is 0 Å². The lowest BCUT2D eigenvalue weighted by atomic mass is 10.1. The van der Waals surface area contributed by atoms with Gasteiger partial charge in [-0.1, -0.05) is 24.1 Å². The molecule has 1 aliphatic rings. The number of carbonyl (C=O) groups is 1. The number of piperidine rings is 1. The van der Waals surface area contributed by atoms with Crippen molar-refractivity contribution in [3.8, 4) is 5.75 Å². The van der Waals surface area contributed by atoms with E-state index < -0.39 is 10.0 Å². The van der Waals surface area contributed by atoms with Gasteiger partial charge in [0.2, 0.25) is 10.0 Å². The van der Waals surface area contributed by atoms with Gasteiger partial charge in [0.1, 0.15) is 5.75 Å². The Labute approximate surface area is 185 Å². The summed E-state index contributed by atoms with van der Waals surface area (Å²) in [5, 5.41) is 2.82. The maximum Gasteiger partial charge on any atom is 0.262 e. The third kappa shape index (κ3) is 5.57. The molecule has 1 fully saturated rings. The molecular formula is C23H31N3O4S. The van der Waals surface area contributed by atoms with Crippen LogP contribution in [0.5, 0.6) is 5.75 Å². The third-order valence-electron chi connectivity index (χ3n) is 5.37. The molecule has 1 heterocycles. The lowest BCUT2D eigenvalue weighted by Gasteiger charge is -2.26. The highest BCUT2D eigenvalue weighted by atomic mass is 32.2. The Bertz CT molecular complexity index is 1040. The monoisotopic (exact) mass is 445 g/mol.